The lowest BCUT2D eigenvalue weighted by Crippen LogP contribution is -2.29. The highest BCUT2D eigenvalue weighted by Crippen LogP contribution is 2.13. The van der Waals surface area contributed by atoms with Gasteiger partial charge in [0.25, 0.3) is 5.91 Å². The number of nitrogens with one attached hydrogen (secondary N) is 1. The third-order valence-electron chi connectivity index (χ3n) is 3.14. The molecule has 2 rings (SSSR count). The minimum atomic E-state index is -0.584. The molecule has 0 radical (unpaired) electrons. The average molecular weight is 439 g/mol. The normalized spacial score (nSPS) is 10.1. The molecule has 0 spiro atoms. The number of carbonyl (C=O) groups excluding carboxylic acids is 2. The van der Waals surface area contributed by atoms with Crippen LogP contribution in [-0.2, 0) is 20.9 Å². The standard InChI is InChI=1S/C18H18INO4/c1-13-2-4-14(5-3-13)10-20-17(21)11-24-18(22)12-23-16-8-6-15(19)7-9-16/h2-9H,10-12H2,1H3,(H,20,21). The Morgan fingerprint density at radius 3 is 2.33 bits per heavy atom. The third kappa shape index (κ3) is 6.57. The van der Waals surface area contributed by atoms with Crippen molar-refractivity contribution in [1.82, 2.24) is 5.32 Å². The summed E-state index contributed by atoms with van der Waals surface area (Å²) in [6.45, 7) is 1.85. The van der Waals surface area contributed by atoms with Crippen LogP contribution in [0.15, 0.2) is 48.5 Å². The molecule has 6 heteroatoms. The predicted octanol–water partition coefficient (Wildman–Crippen LogP) is 2.84. The highest BCUT2D eigenvalue weighted by molar-refractivity contribution is 14.1. The van der Waals surface area contributed by atoms with Crippen LogP contribution in [-0.4, -0.2) is 25.1 Å². The third-order valence-corrected chi connectivity index (χ3v) is 3.86. The lowest BCUT2D eigenvalue weighted by Gasteiger charge is -2.08. The molecule has 24 heavy (non-hydrogen) atoms. The monoisotopic (exact) mass is 439 g/mol. The van der Waals surface area contributed by atoms with Gasteiger partial charge in [0.15, 0.2) is 13.2 Å². The molecule has 0 bridgehead atoms. The van der Waals surface area contributed by atoms with Crippen LogP contribution in [0.4, 0.5) is 0 Å². The van der Waals surface area contributed by atoms with Crippen molar-refractivity contribution in [2.24, 2.45) is 0 Å². The van der Waals surface area contributed by atoms with Gasteiger partial charge in [-0.25, -0.2) is 4.79 Å². The number of ether oxygens (including phenoxy) is 2. The van der Waals surface area contributed by atoms with Gasteiger partial charge in [-0.3, -0.25) is 4.79 Å². The predicted molar refractivity (Wildman–Crippen MR) is 98.6 cm³/mol. The van der Waals surface area contributed by atoms with E-state index in [1.807, 2.05) is 43.3 Å². The minimum Gasteiger partial charge on any atom is -0.482 e. The van der Waals surface area contributed by atoms with Gasteiger partial charge >= 0.3 is 5.97 Å². The van der Waals surface area contributed by atoms with Gasteiger partial charge in [0.05, 0.1) is 0 Å². The Hall–Kier alpha value is -2.09. The van der Waals surface area contributed by atoms with E-state index in [9.17, 15) is 9.59 Å². The van der Waals surface area contributed by atoms with Gasteiger partial charge in [-0.15, -0.1) is 0 Å². The van der Waals surface area contributed by atoms with E-state index in [4.69, 9.17) is 9.47 Å². The highest BCUT2D eigenvalue weighted by Gasteiger charge is 2.08. The molecule has 1 N–H and O–H groups in total. The van der Waals surface area contributed by atoms with Crippen molar-refractivity contribution in [3.05, 3.63) is 63.2 Å². The highest BCUT2D eigenvalue weighted by atomic mass is 127. The zero-order valence-corrected chi connectivity index (χ0v) is 15.4. The minimum absolute atomic E-state index is 0.230. The Bertz CT molecular complexity index is 622. The molecule has 0 aliphatic heterocycles. The summed E-state index contributed by atoms with van der Waals surface area (Å²) < 4.78 is 11.2. The first-order valence-corrected chi connectivity index (χ1v) is 8.47. The quantitative estimate of drug-likeness (QED) is 0.533. The van der Waals surface area contributed by atoms with Crippen molar-refractivity contribution < 1.29 is 19.1 Å². The second-order valence-electron chi connectivity index (χ2n) is 5.17. The number of rotatable bonds is 7. The molecule has 2 aromatic carbocycles. The van der Waals surface area contributed by atoms with E-state index in [1.165, 1.54) is 0 Å². The summed E-state index contributed by atoms with van der Waals surface area (Å²) in [5, 5.41) is 2.70. The lowest BCUT2D eigenvalue weighted by atomic mass is 10.1. The number of hydrogen-bond acceptors (Lipinski definition) is 4. The van der Waals surface area contributed by atoms with Crippen LogP contribution in [0.3, 0.4) is 0 Å². The fourth-order valence-corrected chi connectivity index (χ4v) is 2.18. The van der Waals surface area contributed by atoms with Gasteiger partial charge in [-0.05, 0) is 59.3 Å². The van der Waals surface area contributed by atoms with E-state index in [0.717, 1.165) is 14.7 Å². The molecule has 0 aliphatic carbocycles. The van der Waals surface area contributed by atoms with Crippen LogP contribution < -0.4 is 10.1 Å². The van der Waals surface area contributed by atoms with Crippen molar-refractivity contribution in [2.75, 3.05) is 13.2 Å². The van der Waals surface area contributed by atoms with Crippen molar-refractivity contribution in [3.63, 3.8) is 0 Å². The van der Waals surface area contributed by atoms with E-state index in [0.29, 0.717) is 12.3 Å². The molecule has 5 nitrogen and oxygen atoms in total. The Kier molecular flexibility index (Phi) is 7.05. The fraction of sp³-hybridized carbons (Fsp3) is 0.222. The largest absolute Gasteiger partial charge is 0.482 e. The molecule has 0 heterocycles. The van der Waals surface area contributed by atoms with Crippen LogP contribution in [0.25, 0.3) is 0 Å². The first-order chi connectivity index (χ1) is 11.5. The maximum atomic E-state index is 11.7. The summed E-state index contributed by atoms with van der Waals surface area (Å²) >= 11 is 2.18. The molecule has 0 unspecified atom stereocenters. The number of halogens is 1. The van der Waals surface area contributed by atoms with Gasteiger partial charge < -0.3 is 14.8 Å². The van der Waals surface area contributed by atoms with Gasteiger partial charge in [-0.1, -0.05) is 29.8 Å². The van der Waals surface area contributed by atoms with E-state index >= 15 is 0 Å². The number of esters is 1. The molecule has 0 saturated carbocycles. The molecule has 126 valence electrons. The SMILES string of the molecule is Cc1ccc(CNC(=O)COC(=O)COc2ccc(I)cc2)cc1. The number of aryl methyl sites for hydroxylation is 1. The van der Waals surface area contributed by atoms with Crippen LogP contribution in [0, 0.1) is 10.5 Å². The number of benzene rings is 2. The van der Waals surface area contributed by atoms with Crippen LogP contribution in [0.5, 0.6) is 5.75 Å². The topological polar surface area (TPSA) is 64.6 Å². The summed E-state index contributed by atoms with van der Waals surface area (Å²) in [4.78, 5) is 23.2. The molecular weight excluding hydrogens is 421 g/mol. The number of carbonyl (C=O) groups is 2. The van der Waals surface area contributed by atoms with Gasteiger partial charge in [0.1, 0.15) is 5.75 Å². The summed E-state index contributed by atoms with van der Waals surface area (Å²) in [6, 6.07) is 15.1. The number of hydrogen-bond donors (Lipinski definition) is 1. The molecule has 0 atom stereocenters. The summed E-state index contributed by atoms with van der Waals surface area (Å²) in [5.74, 6) is -0.353. The molecule has 0 aromatic heterocycles. The second kappa shape index (κ2) is 9.27. The first-order valence-electron chi connectivity index (χ1n) is 7.39. The van der Waals surface area contributed by atoms with Crippen LogP contribution in [0.1, 0.15) is 11.1 Å². The van der Waals surface area contributed by atoms with Crippen molar-refractivity contribution in [1.29, 1.82) is 0 Å². The van der Waals surface area contributed by atoms with Crippen molar-refractivity contribution in [2.45, 2.75) is 13.5 Å². The van der Waals surface area contributed by atoms with Gasteiger partial charge in [0.2, 0.25) is 0 Å². The Morgan fingerprint density at radius 1 is 1.00 bits per heavy atom. The molecule has 0 aliphatic rings. The molecule has 1 amide bonds. The number of amides is 1. The summed E-state index contributed by atoms with van der Waals surface area (Å²) in [5.41, 5.74) is 2.15. The van der Waals surface area contributed by atoms with Crippen molar-refractivity contribution in [3.8, 4) is 5.75 Å². The Balaban J connectivity index is 1.64. The molecule has 0 saturated heterocycles. The van der Waals surface area contributed by atoms with Crippen LogP contribution >= 0.6 is 22.6 Å². The van der Waals surface area contributed by atoms with Crippen LogP contribution in [0.2, 0.25) is 0 Å². The Labute approximate surface area is 154 Å². The summed E-state index contributed by atoms with van der Waals surface area (Å²) in [7, 11) is 0. The zero-order valence-electron chi connectivity index (χ0n) is 13.3. The average Bonchev–Trinajstić information content (AvgIpc) is 2.59. The smallest absolute Gasteiger partial charge is 0.344 e. The van der Waals surface area contributed by atoms with E-state index in [-0.39, 0.29) is 19.1 Å². The molecule has 2 aromatic rings. The molecule has 0 fully saturated rings. The maximum absolute atomic E-state index is 11.7. The second-order valence-corrected chi connectivity index (χ2v) is 6.41. The van der Waals surface area contributed by atoms with E-state index in [1.54, 1.807) is 12.1 Å². The van der Waals surface area contributed by atoms with E-state index < -0.39 is 5.97 Å². The van der Waals surface area contributed by atoms with Gasteiger partial charge in [-0.2, -0.15) is 0 Å². The fourth-order valence-electron chi connectivity index (χ4n) is 1.82. The maximum Gasteiger partial charge on any atom is 0.344 e. The van der Waals surface area contributed by atoms with Gasteiger partial charge in [0, 0.05) is 10.1 Å². The lowest BCUT2D eigenvalue weighted by molar-refractivity contribution is -0.150. The summed E-state index contributed by atoms with van der Waals surface area (Å²) in [6.07, 6.45) is 0. The molecular formula is C18H18INO4. The van der Waals surface area contributed by atoms with E-state index in [2.05, 4.69) is 27.9 Å². The Morgan fingerprint density at radius 2 is 1.67 bits per heavy atom. The zero-order chi connectivity index (χ0) is 17.4. The first kappa shape index (κ1) is 18.3. The van der Waals surface area contributed by atoms with Crippen molar-refractivity contribution >= 4 is 34.5 Å².